The van der Waals surface area contributed by atoms with Crippen molar-refractivity contribution in [2.45, 2.75) is 28.5 Å². The average Bonchev–Trinajstić information content (AvgIpc) is 3.11. The van der Waals surface area contributed by atoms with Crippen LogP contribution in [-0.2, 0) is 42.6 Å². The van der Waals surface area contributed by atoms with E-state index in [-0.39, 0.29) is 33.4 Å². The Morgan fingerprint density at radius 3 is 0.862 bits per heavy atom. The van der Waals surface area contributed by atoms with E-state index in [4.69, 9.17) is 34.8 Å². The minimum atomic E-state index is -4.77. The molecular weight excluding hydrogens is 878 g/mol. The number of Topliss-reactive ketones (excluding diaryl/α,β-unsaturated/α-hetero) is 1. The van der Waals surface area contributed by atoms with Gasteiger partial charge in [-0.2, -0.15) is 74.5 Å². The molecule has 0 unspecified atom stereocenters. The standard InChI is InChI=1S/C28H16BF12.C11H12Cl3O2S/c30-25(31,32)17-1-9-21(10-2-17)29(22-11-3-18(4-12-22)26(33,34)35,23-13-5-19(6-14-23)27(36,37)38)24-15-7-20(8-16-24)28(39,40)41;1-17(2,16)7-10(15)8-3-5-9(6-4-8)11(12,13)14/h1-16H;3-6H,7H2,1-2H3/q-1;+1. The summed E-state index contributed by atoms with van der Waals surface area (Å²) in [4.78, 5) is 11.7. The van der Waals surface area contributed by atoms with Crippen molar-refractivity contribution >= 4 is 78.5 Å². The molecule has 5 rings (SSSR count). The second-order valence-electron chi connectivity index (χ2n) is 13.4. The van der Waals surface area contributed by atoms with Gasteiger partial charge in [0.15, 0.2) is 5.75 Å². The molecule has 0 atom stereocenters. The lowest BCUT2D eigenvalue weighted by molar-refractivity contribution is -0.138. The molecule has 5 aromatic carbocycles. The van der Waals surface area contributed by atoms with Crippen molar-refractivity contribution in [1.29, 1.82) is 0 Å². The topological polar surface area (TPSA) is 34.1 Å². The van der Waals surface area contributed by atoms with Crippen LogP contribution in [0.2, 0.25) is 0 Å². The minimum Gasteiger partial charge on any atom is -0.289 e. The highest BCUT2D eigenvalue weighted by Crippen LogP contribution is 2.38. The third-order valence-corrected chi connectivity index (χ3v) is 10.6. The van der Waals surface area contributed by atoms with Crippen LogP contribution in [0.3, 0.4) is 0 Å². The number of alkyl halides is 15. The Bertz CT molecular complexity index is 1990. The first-order chi connectivity index (χ1) is 26.4. The fourth-order valence-electron chi connectivity index (χ4n) is 6.24. The number of rotatable bonds is 7. The van der Waals surface area contributed by atoms with Crippen LogP contribution < -0.4 is 21.9 Å². The first-order valence-electron chi connectivity index (χ1n) is 16.4. The lowest BCUT2D eigenvalue weighted by atomic mass is 9.13. The third-order valence-electron chi connectivity index (χ3n) is 8.96. The summed E-state index contributed by atoms with van der Waals surface area (Å²) in [5, 5.41) is 0. The van der Waals surface area contributed by atoms with Gasteiger partial charge < -0.3 is 0 Å². The fourth-order valence-corrected chi connectivity index (χ4v) is 7.42. The molecule has 0 aliphatic carbocycles. The van der Waals surface area contributed by atoms with E-state index in [0.717, 1.165) is 48.5 Å². The highest BCUT2D eigenvalue weighted by molar-refractivity contribution is 8.02. The van der Waals surface area contributed by atoms with Gasteiger partial charge >= 0.3 is 24.7 Å². The molecule has 0 saturated heterocycles. The van der Waals surface area contributed by atoms with E-state index < -0.39 is 66.8 Å². The summed E-state index contributed by atoms with van der Waals surface area (Å²) in [5.74, 6) is -0.143. The highest BCUT2D eigenvalue weighted by atomic mass is 35.6. The van der Waals surface area contributed by atoms with E-state index in [1.165, 1.54) is 0 Å². The molecule has 0 heterocycles. The molecule has 310 valence electrons. The van der Waals surface area contributed by atoms with Crippen molar-refractivity contribution in [3.63, 3.8) is 0 Å². The Kier molecular flexibility index (Phi) is 13.6. The Balaban J connectivity index is 0.000000366. The maximum absolute atomic E-state index is 13.3. The molecule has 58 heavy (non-hydrogen) atoms. The van der Waals surface area contributed by atoms with Crippen LogP contribution in [0.4, 0.5) is 52.7 Å². The Morgan fingerprint density at radius 1 is 0.448 bits per heavy atom. The molecule has 0 amide bonds. The molecule has 19 heteroatoms. The van der Waals surface area contributed by atoms with Gasteiger partial charge in [0.2, 0.25) is 9.58 Å². The van der Waals surface area contributed by atoms with Gasteiger partial charge in [-0.3, -0.25) is 4.79 Å². The van der Waals surface area contributed by atoms with Crippen molar-refractivity contribution in [2.24, 2.45) is 0 Å². The van der Waals surface area contributed by atoms with E-state index in [2.05, 4.69) is 0 Å². The van der Waals surface area contributed by atoms with E-state index >= 15 is 0 Å². The van der Waals surface area contributed by atoms with E-state index in [0.29, 0.717) is 59.7 Å². The van der Waals surface area contributed by atoms with Crippen LogP contribution >= 0.6 is 34.8 Å². The predicted octanol–water partition coefficient (Wildman–Crippen LogP) is 10.6. The average molecular weight is 906 g/mol. The maximum Gasteiger partial charge on any atom is 0.416 e. The van der Waals surface area contributed by atoms with E-state index in [1.807, 2.05) is 0 Å². The number of hydrogen-bond donors (Lipinski definition) is 0. The van der Waals surface area contributed by atoms with Crippen LogP contribution in [0, 0.1) is 0 Å². The molecule has 2 nitrogen and oxygen atoms in total. The van der Waals surface area contributed by atoms with Crippen LogP contribution in [-0.4, -0.2) is 30.2 Å². The molecule has 5 aromatic rings. The van der Waals surface area contributed by atoms with Gasteiger partial charge in [0.05, 0.1) is 32.2 Å². The SMILES string of the molecule is C[S+](C)(=O)CC(=O)c1ccc(C(Cl)(Cl)Cl)cc1.FC(F)(F)c1ccc([B-](c2ccc(C(F)(F)F)cc2)(c2ccc(C(F)(F)F)cc2)c2ccc(C(F)(F)F)cc2)cc1. The normalized spacial score (nSPS) is 13.1. The molecule has 0 fully saturated rings. The number of carbonyl (C=O) groups is 1. The quantitative estimate of drug-likeness (QED) is 0.0536. The predicted molar refractivity (Wildman–Crippen MR) is 205 cm³/mol. The summed E-state index contributed by atoms with van der Waals surface area (Å²) in [6.45, 7) is 0. The molecule has 0 saturated carbocycles. The number of halogens is 15. The van der Waals surface area contributed by atoms with Crippen LogP contribution in [0.15, 0.2) is 121 Å². The Hall–Kier alpha value is -3.99. The van der Waals surface area contributed by atoms with Crippen LogP contribution in [0.1, 0.15) is 38.2 Å². The molecule has 0 bridgehead atoms. The van der Waals surface area contributed by atoms with Crippen LogP contribution in [0.25, 0.3) is 0 Å². The van der Waals surface area contributed by atoms with Crippen molar-refractivity contribution in [1.82, 2.24) is 0 Å². The van der Waals surface area contributed by atoms with Gasteiger partial charge in [-0.05, 0) is 0 Å². The number of benzene rings is 5. The summed E-state index contributed by atoms with van der Waals surface area (Å²) >= 11 is 17.1. The van der Waals surface area contributed by atoms with Gasteiger partial charge in [0.25, 0.3) is 0 Å². The zero-order valence-electron chi connectivity index (χ0n) is 29.7. The van der Waals surface area contributed by atoms with Gasteiger partial charge in [-0.25, -0.2) is 0 Å². The van der Waals surface area contributed by atoms with Crippen molar-refractivity contribution in [3.05, 3.63) is 155 Å². The van der Waals surface area contributed by atoms with Gasteiger partial charge in [0.1, 0.15) is 18.7 Å². The van der Waals surface area contributed by atoms with Crippen molar-refractivity contribution in [2.75, 3.05) is 18.3 Å². The summed E-state index contributed by atoms with van der Waals surface area (Å²) < 4.78 is 170. The summed E-state index contributed by atoms with van der Waals surface area (Å²) in [7, 11) is -2.09. The summed E-state index contributed by atoms with van der Waals surface area (Å²) in [5.41, 5.74) is -3.33. The molecular formula is C39H28BCl3F12O2S. The fraction of sp³-hybridized carbons (Fsp3) is 0.205. The van der Waals surface area contributed by atoms with E-state index in [1.54, 1.807) is 36.8 Å². The first kappa shape index (κ1) is 46.7. The molecule has 0 spiro atoms. The zero-order chi connectivity index (χ0) is 43.7. The molecule has 0 aliphatic heterocycles. The number of carbonyl (C=O) groups excluding carboxylic acids is 1. The van der Waals surface area contributed by atoms with Gasteiger partial charge in [-0.15, -0.1) is 4.21 Å². The smallest absolute Gasteiger partial charge is 0.289 e. The van der Waals surface area contributed by atoms with Crippen molar-refractivity contribution in [3.8, 4) is 0 Å². The molecule has 0 N–H and O–H groups in total. The van der Waals surface area contributed by atoms with Gasteiger partial charge in [0, 0.05) is 11.1 Å². The minimum absolute atomic E-state index is 0.0114. The summed E-state index contributed by atoms with van der Waals surface area (Å²) in [6.07, 6.45) is -18.9. The highest BCUT2D eigenvalue weighted by Gasteiger charge is 2.38. The third kappa shape index (κ3) is 11.4. The number of ketones is 1. The monoisotopic (exact) mass is 904 g/mol. The summed E-state index contributed by atoms with van der Waals surface area (Å²) in [6, 6.07) is 19.9. The van der Waals surface area contributed by atoms with Gasteiger partial charge in [-0.1, -0.05) is 156 Å². The molecule has 0 aliphatic rings. The first-order valence-corrected chi connectivity index (χ1v) is 20.1. The largest absolute Gasteiger partial charge is 0.416 e. The molecule has 0 aromatic heterocycles. The van der Waals surface area contributed by atoms with Crippen LogP contribution in [0.5, 0.6) is 0 Å². The number of hydrogen-bond acceptors (Lipinski definition) is 2. The lowest BCUT2D eigenvalue weighted by Crippen LogP contribution is -2.74. The second-order valence-corrected chi connectivity index (χ2v) is 18.9. The van der Waals surface area contributed by atoms with Crippen molar-refractivity contribution < 1.29 is 61.7 Å². The molecule has 0 radical (unpaired) electrons. The maximum atomic E-state index is 13.3. The lowest BCUT2D eigenvalue weighted by Gasteiger charge is -2.44. The Morgan fingerprint density at radius 2 is 0.672 bits per heavy atom. The Labute approximate surface area is 340 Å². The van der Waals surface area contributed by atoms with E-state index in [9.17, 15) is 61.7 Å². The zero-order valence-corrected chi connectivity index (χ0v) is 32.8. The second kappa shape index (κ2) is 16.9.